The monoisotopic (exact) mass is 258 g/mol. The van der Waals surface area contributed by atoms with Crippen molar-refractivity contribution in [3.05, 3.63) is 71.8 Å². The average Bonchev–Trinajstić information content (AvgIpc) is 2.45. The van der Waals surface area contributed by atoms with Gasteiger partial charge in [0.05, 0.1) is 6.61 Å². The van der Waals surface area contributed by atoms with Crippen LogP contribution in [0.2, 0.25) is 0 Å². The van der Waals surface area contributed by atoms with Crippen molar-refractivity contribution < 1.29 is 5.11 Å². The Hall–Kier alpha value is -1.25. The molecule has 0 aliphatic carbocycles. The second-order valence-electron chi connectivity index (χ2n) is 4.29. The molecule has 1 atom stereocenters. The molecule has 0 amide bonds. The van der Waals surface area contributed by atoms with Crippen LogP contribution in [0, 0.1) is 0 Å². The molecule has 1 unspecified atom stereocenters. The fourth-order valence-electron chi connectivity index (χ4n) is 1.84. The predicted octanol–water partition coefficient (Wildman–Crippen LogP) is 3.52. The molecule has 2 aromatic carbocycles. The third kappa shape index (κ3) is 4.21. The number of hydrogen-bond donors (Lipinski definition) is 1. The van der Waals surface area contributed by atoms with Gasteiger partial charge in [-0.25, -0.2) is 0 Å². The lowest BCUT2D eigenvalue weighted by atomic mass is 10.1. The zero-order chi connectivity index (χ0) is 12.6. The molecule has 0 heterocycles. The molecule has 2 aromatic rings. The van der Waals surface area contributed by atoms with Gasteiger partial charge in [0, 0.05) is 11.0 Å². The van der Waals surface area contributed by atoms with Gasteiger partial charge >= 0.3 is 0 Å². The van der Waals surface area contributed by atoms with E-state index < -0.39 is 0 Å². The lowest BCUT2D eigenvalue weighted by Crippen LogP contribution is -2.12. The normalized spacial score (nSPS) is 12.3. The lowest BCUT2D eigenvalue weighted by molar-refractivity contribution is 0.294. The highest BCUT2D eigenvalue weighted by atomic mass is 32.2. The SMILES string of the molecule is OCC(Cc1ccccc1)SCc1ccccc1. The Morgan fingerprint density at radius 2 is 1.39 bits per heavy atom. The molecular weight excluding hydrogens is 240 g/mol. The van der Waals surface area contributed by atoms with Crippen molar-refractivity contribution >= 4 is 11.8 Å². The second-order valence-corrected chi connectivity index (χ2v) is 5.58. The van der Waals surface area contributed by atoms with E-state index in [0.29, 0.717) is 0 Å². The summed E-state index contributed by atoms with van der Waals surface area (Å²) in [6, 6.07) is 20.8. The van der Waals surface area contributed by atoms with Gasteiger partial charge in [-0.05, 0) is 17.5 Å². The van der Waals surface area contributed by atoms with E-state index in [0.717, 1.165) is 12.2 Å². The molecule has 2 rings (SSSR count). The first kappa shape index (κ1) is 13.2. The highest BCUT2D eigenvalue weighted by molar-refractivity contribution is 7.99. The summed E-state index contributed by atoms with van der Waals surface area (Å²) in [5.41, 5.74) is 2.60. The van der Waals surface area contributed by atoms with Crippen LogP contribution in [-0.2, 0) is 12.2 Å². The molecule has 0 fully saturated rings. The highest BCUT2D eigenvalue weighted by Crippen LogP contribution is 2.20. The van der Waals surface area contributed by atoms with Crippen molar-refractivity contribution in [1.82, 2.24) is 0 Å². The summed E-state index contributed by atoms with van der Waals surface area (Å²) in [7, 11) is 0. The highest BCUT2D eigenvalue weighted by Gasteiger charge is 2.09. The molecule has 0 saturated heterocycles. The predicted molar refractivity (Wildman–Crippen MR) is 78.8 cm³/mol. The first-order chi connectivity index (χ1) is 8.88. The van der Waals surface area contributed by atoms with E-state index in [-0.39, 0.29) is 11.9 Å². The Bertz CT molecular complexity index is 441. The molecule has 0 radical (unpaired) electrons. The summed E-state index contributed by atoms with van der Waals surface area (Å²) < 4.78 is 0. The Morgan fingerprint density at radius 3 is 1.94 bits per heavy atom. The van der Waals surface area contributed by atoms with Gasteiger partial charge in [-0.3, -0.25) is 0 Å². The van der Waals surface area contributed by atoms with Crippen LogP contribution in [0.3, 0.4) is 0 Å². The smallest absolute Gasteiger partial charge is 0.0553 e. The maximum Gasteiger partial charge on any atom is 0.0553 e. The minimum atomic E-state index is 0.229. The number of aliphatic hydroxyl groups is 1. The Labute approximate surface area is 113 Å². The van der Waals surface area contributed by atoms with E-state index in [2.05, 4.69) is 36.4 Å². The van der Waals surface area contributed by atoms with Crippen LogP contribution in [0.1, 0.15) is 11.1 Å². The molecule has 0 bridgehead atoms. The van der Waals surface area contributed by atoms with Crippen molar-refractivity contribution in [3.63, 3.8) is 0 Å². The minimum absolute atomic E-state index is 0.229. The molecule has 0 saturated carbocycles. The van der Waals surface area contributed by atoms with Crippen LogP contribution < -0.4 is 0 Å². The summed E-state index contributed by atoms with van der Waals surface area (Å²) in [4.78, 5) is 0. The van der Waals surface area contributed by atoms with E-state index in [1.165, 1.54) is 11.1 Å². The lowest BCUT2D eigenvalue weighted by Gasteiger charge is -2.13. The van der Waals surface area contributed by atoms with Crippen molar-refractivity contribution in [3.8, 4) is 0 Å². The van der Waals surface area contributed by atoms with E-state index in [1.54, 1.807) is 0 Å². The third-order valence-corrected chi connectivity index (χ3v) is 4.13. The number of hydrogen-bond acceptors (Lipinski definition) is 2. The van der Waals surface area contributed by atoms with Crippen LogP contribution in [0.5, 0.6) is 0 Å². The van der Waals surface area contributed by atoms with Gasteiger partial charge in [0.1, 0.15) is 0 Å². The standard InChI is InChI=1S/C16H18OS/c17-12-16(11-14-7-3-1-4-8-14)18-13-15-9-5-2-6-10-15/h1-10,16-17H,11-13H2. The Morgan fingerprint density at radius 1 is 0.833 bits per heavy atom. The number of rotatable bonds is 6. The molecule has 94 valence electrons. The van der Waals surface area contributed by atoms with Crippen LogP contribution >= 0.6 is 11.8 Å². The molecule has 18 heavy (non-hydrogen) atoms. The maximum atomic E-state index is 9.44. The molecule has 0 spiro atoms. The number of aliphatic hydroxyl groups excluding tert-OH is 1. The van der Waals surface area contributed by atoms with Crippen LogP contribution in [0.25, 0.3) is 0 Å². The summed E-state index contributed by atoms with van der Waals surface area (Å²) in [5.74, 6) is 0.957. The summed E-state index contributed by atoms with van der Waals surface area (Å²) >= 11 is 1.82. The zero-order valence-electron chi connectivity index (χ0n) is 10.3. The second kappa shape index (κ2) is 7.24. The van der Waals surface area contributed by atoms with Crippen molar-refractivity contribution in [1.29, 1.82) is 0 Å². The summed E-state index contributed by atoms with van der Waals surface area (Å²) in [5, 5.41) is 9.72. The first-order valence-electron chi connectivity index (χ1n) is 6.19. The number of benzene rings is 2. The van der Waals surface area contributed by atoms with E-state index >= 15 is 0 Å². The van der Waals surface area contributed by atoms with Crippen molar-refractivity contribution in [2.45, 2.75) is 17.4 Å². The van der Waals surface area contributed by atoms with Gasteiger partial charge in [0.25, 0.3) is 0 Å². The zero-order valence-corrected chi connectivity index (χ0v) is 11.1. The third-order valence-electron chi connectivity index (χ3n) is 2.84. The molecular formula is C16H18OS. The van der Waals surface area contributed by atoms with Gasteiger partial charge in [0.2, 0.25) is 0 Å². The molecule has 1 nitrogen and oxygen atoms in total. The van der Waals surface area contributed by atoms with Crippen LogP contribution in [0.15, 0.2) is 60.7 Å². The molecule has 1 N–H and O–H groups in total. The fourth-order valence-corrected chi connectivity index (χ4v) is 2.88. The van der Waals surface area contributed by atoms with Crippen molar-refractivity contribution in [2.75, 3.05) is 6.61 Å². The van der Waals surface area contributed by atoms with Crippen LogP contribution in [-0.4, -0.2) is 17.0 Å². The van der Waals surface area contributed by atoms with E-state index in [9.17, 15) is 5.11 Å². The Balaban J connectivity index is 1.86. The molecule has 0 aliphatic heterocycles. The van der Waals surface area contributed by atoms with Gasteiger partial charge in [-0.2, -0.15) is 11.8 Å². The topological polar surface area (TPSA) is 20.2 Å². The summed E-state index contributed by atoms with van der Waals surface area (Å²) in [6.45, 7) is 0.229. The first-order valence-corrected chi connectivity index (χ1v) is 7.23. The largest absolute Gasteiger partial charge is 0.395 e. The quantitative estimate of drug-likeness (QED) is 0.855. The Kier molecular flexibility index (Phi) is 5.31. The van der Waals surface area contributed by atoms with Gasteiger partial charge in [0.15, 0.2) is 0 Å². The average molecular weight is 258 g/mol. The van der Waals surface area contributed by atoms with Crippen molar-refractivity contribution in [2.24, 2.45) is 0 Å². The van der Waals surface area contributed by atoms with Crippen LogP contribution in [0.4, 0.5) is 0 Å². The minimum Gasteiger partial charge on any atom is -0.395 e. The van der Waals surface area contributed by atoms with Gasteiger partial charge < -0.3 is 5.11 Å². The van der Waals surface area contributed by atoms with E-state index in [1.807, 2.05) is 36.0 Å². The fraction of sp³-hybridized carbons (Fsp3) is 0.250. The number of thioether (sulfide) groups is 1. The maximum absolute atomic E-state index is 9.44. The van der Waals surface area contributed by atoms with Gasteiger partial charge in [-0.1, -0.05) is 60.7 Å². The molecule has 2 heteroatoms. The van der Waals surface area contributed by atoms with E-state index in [4.69, 9.17) is 0 Å². The summed E-state index contributed by atoms with van der Waals surface area (Å²) in [6.07, 6.45) is 0.925. The molecule has 0 aromatic heterocycles. The molecule has 0 aliphatic rings. The van der Waals surface area contributed by atoms with Gasteiger partial charge in [-0.15, -0.1) is 0 Å².